The second kappa shape index (κ2) is 6.13. The Morgan fingerprint density at radius 3 is 3.24 bits per heavy atom. The highest BCUT2D eigenvalue weighted by Gasteiger charge is 2.20. The Hall–Kier alpha value is -2.08. The van der Waals surface area contributed by atoms with Crippen molar-refractivity contribution in [3.8, 4) is 0 Å². The number of nitrogens with zero attached hydrogens (tertiary/aromatic N) is 1. The van der Waals surface area contributed by atoms with Gasteiger partial charge in [-0.1, -0.05) is 0 Å². The lowest BCUT2D eigenvalue weighted by Crippen LogP contribution is -2.38. The average Bonchev–Trinajstić information content (AvgIpc) is 2.98. The molecule has 6 nitrogen and oxygen atoms in total. The molecule has 0 aliphatic carbocycles. The van der Waals surface area contributed by atoms with Crippen molar-refractivity contribution >= 4 is 22.7 Å². The fraction of sp³-hybridized carbons (Fsp3) is 0.467. The van der Waals surface area contributed by atoms with Gasteiger partial charge in [0.15, 0.2) is 0 Å². The second-order valence-electron chi connectivity index (χ2n) is 5.19. The zero-order chi connectivity index (χ0) is 14.7. The van der Waals surface area contributed by atoms with Gasteiger partial charge in [-0.3, -0.25) is 0 Å². The van der Waals surface area contributed by atoms with Crippen LogP contribution in [0.3, 0.4) is 0 Å². The van der Waals surface area contributed by atoms with Crippen LogP contribution in [0.15, 0.2) is 18.5 Å². The fourth-order valence-corrected chi connectivity index (χ4v) is 2.71. The van der Waals surface area contributed by atoms with Crippen LogP contribution < -0.4 is 10.6 Å². The van der Waals surface area contributed by atoms with E-state index in [4.69, 9.17) is 4.74 Å². The van der Waals surface area contributed by atoms with Crippen molar-refractivity contribution in [2.45, 2.75) is 25.8 Å². The summed E-state index contributed by atoms with van der Waals surface area (Å²) >= 11 is 0. The van der Waals surface area contributed by atoms with E-state index in [1.54, 1.807) is 13.1 Å². The molecular formula is C15H20N4O2. The molecule has 0 aromatic carbocycles. The van der Waals surface area contributed by atoms with Crippen molar-refractivity contribution < 1.29 is 9.53 Å². The first-order chi connectivity index (χ1) is 10.3. The highest BCUT2D eigenvalue weighted by atomic mass is 16.5. The van der Waals surface area contributed by atoms with Gasteiger partial charge >= 0.3 is 5.97 Å². The number of rotatable bonds is 4. The highest BCUT2D eigenvalue weighted by molar-refractivity contribution is 6.04. The van der Waals surface area contributed by atoms with Crippen molar-refractivity contribution in [2.75, 3.05) is 25.0 Å². The maximum Gasteiger partial charge on any atom is 0.341 e. The number of H-pyrrole nitrogens is 1. The number of piperidine rings is 1. The molecule has 3 heterocycles. The Labute approximate surface area is 123 Å². The van der Waals surface area contributed by atoms with Gasteiger partial charge in [-0.15, -0.1) is 0 Å². The molecule has 1 fully saturated rings. The van der Waals surface area contributed by atoms with Crippen LogP contribution >= 0.6 is 0 Å². The number of ether oxygens (including phenoxy) is 1. The molecule has 0 unspecified atom stereocenters. The van der Waals surface area contributed by atoms with Crippen LogP contribution in [0.25, 0.3) is 11.0 Å². The maximum absolute atomic E-state index is 12.1. The van der Waals surface area contributed by atoms with Gasteiger partial charge in [0.1, 0.15) is 11.2 Å². The van der Waals surface area contributed by atoms with Crippen LogP contribution in [0.1, 0.15) is 30.1 Å². The minimum Gasteiger partial charge on any atom is -0.462 e. The van der Waals surface area contributed by atoms with Gasteiger partial charge in [0.25, 0.3) is 0 Å². The average molecular weight is 288 g/mol. The molecule has 0 saturated carbocycles. The van der Waals surface area contributed by atoms with E-state index >= 15 is 0 Å². The van der Waals surface area contributed by atoms with E-state index < -0.39 is 0 Å². The third-order valence-corrected chi connectivity index (χ3v) is 3.73. The number of esters is 1. The van der Waals surface area contributed by atoms with Crippen LogP contribution in [-0.2, 0) is 4.74 Å². The molecular weight excluding hydrogens is 268 g/mol. The third kappa shape index (κ3) is 2.85. The van der Waals surface area contributed by atoms with Gasteiger partial charge in [0.2, 0.25) is 0 Å². The van der Waals surface area contributed by atoms with Crippen LogP contribution in [0.2, 0.25) is 0 Å². The molecule has 2 aromatic heterocycles. The molecule has 0 bridgehead atoms. The molecule has 1 atom stereocenters. The summed E-state index contributed by atoms with van der Waals surface area (Å²) < 4.78 is 5.14. The number of pyridine rings is 1. The number of anilines is 1. The molecule has 6 heteroatoms. The van der Waals surface area contributed by atoms with Crippen LogP contribution in [0, 0.1) is 0 Å². The molecule has 112 valence electrons. The Morgan fingerprint density at radius 2 is 2.48 bits per heavy atom. The molecule has 2 aromatic rings. The van der Waals surface area contributed by atoms with E-state index in [1.165, 1.54) is 0 Å². The van der Waals surface area contributed by atoms with Gasteiger partial charge in [-0.2, -0.15) is 0 Å². The quantitative estimate of drug-likeness (QED) is 0.749. The maximum atomic E-state index is 12.1. The van der Waals surface area contributed by atoms with Crippen LogP contribution in [0.5, 0.6) is 0 Å². The number of hydrogen-bond acceptors (Lipinski definition) is 5. The normalized spacial score (nSPS) is 18.6. The Balaban J connectivity index is 1.97. The lowest BCUT2D eigenvalue weighted by molar-refractivity contribution is 0.0527. The van der Waals surface area contributed by atoms with Gasteiger partial charge in [-0.05, 0) is 32.4 Å². The molecule has 0 amide bonds. The van der Waals surface area contributed by atoms with E-state index in [0.717, 1.165) is 42.7 Å². The summed E-state index contributed by atoms with van der Waals surface area (Å²) in [5, 5.41) is 7.79. The standard InChI is InChI=1S/C15H20N4O2/c1-2-21-15(20)12-9-18-14-11(5-7-17-14)13(12)19-10-4-3-6-16-8-10/h5,7,9-10,16H,2-4,6,8H2,1H3,(H2,17,18,19)/t10-/m0/s1. The van der Waals surface area contributed by atoms with Gasteiger partial charge in [-0.25, -0.2) is 9.78 Å². The zero-order valence-electron chi connectivity index (χ0n) is 12.1. The number of nitrogens with one attached hydrogen (secondary N) is 3. The van der Waals surface area contributed by atoms with Gasteiger partial charge < -0.3 is 20.4 Å². The summed E-state index contributed by atoms with van der Waals surface area (Å²) in [4.78, 5) is 19.5. The Kier molecular flexibility index (Phi) is 4.06. The number of carbonyl (C=O) groups excluding carboxylic acids is 1. The number of carbonyl (C=O) groups is 1. The molecule has 1 aliphatic heterocycles. The number of aromatic amines is 1. The lowest BCUT2D eigenvalue weighted by Gasteiger charge is -2.26. The van der Waals surface area contributed by atoms with Crippen molar-refractivity contribution in [3.05, 3.63) is 24.0 Å². The number of hydrogen-bond donors (Lipinski definition) is 3. The lowest BCUT2D eigenvalue weighted by atomic mass is 10.1. The minimum absolute atomic E-state index is 0.312. The summed E-state index contributed by atoms with van der Waals surface area (Å²) in [6.45, 7) is 4.11. The minimum atomic E-state index is -0.334. The summed E-state index contributed by atoms with van der Waals surface area (Å²) in [6, 6.07) is 2.25. The summed E-state index contributed by atoms with van der Waals surface area (Å²) in [5.41, 5.74) is 2.08. The summed E-state index contributed by atoms with van der Waals surface area (Å²) in [6.07, 6.45) is 5.63. The smallest absolute Gasteiger partial charge is 0.341 e. The third-order valence-electron chi connectivity index (χ3n) is 3.73. The molecule has 21 heavy (non-hydrogen) atoms. The van der Waals surface area contributed by atoms with Gasteiger partial charge in [0, 0.05) is 30.4 Å². The largest absolute Gasteiger partial charge is 0.462 e. The van der Waals surface area contributed by atoms with E-state index in [9.17, 15) is 4.79 Å². The molecule has 3 N–H and O–H groups in total. The van der Waals surface area contributed by atoms with Crippen LogP contribution in [-0.4, -0.2) is 41.7 Å². The highest BCUT2D eigenvalue weighted by Crippen LogP contribution is 2.27. The molecule has 0 spiro atoms. The summed E-state index contributed by atoms with van der Waals surface area (Å²) in [5.74, 6) is -0.334. The second-order valence-corrected chi connectivity index (χ2v) is 5.19. The predicted octanol–water partition coefficient (Wildman–Crippen LogP) is 1.90. The molecule has 1 aliphatic rings. The molecule has 1 saturated heterocycles. The van der Waals surface area contributed by atoms with Crippen molar-refractivity contribution in [3.63, 3.8) is 0 Å². The Morgan fingerprint density at radius 1 is 1.57 bits per heavy atom. The van der Waals surface area contributed by atoms with Crippen LogP contribution in [0.4, 0.5) is 5.69 Å². The number of fused-ring (bicyclic) bond motifs is 1. The first-order valence-electron chi connectivity index (χ1n) is 7.40. The Bertz CT molecular complexity index is 632. The summed E-state index contributed by atoms with van der Waals surface area (Å²) in [7, 11) is 0. The predicted molar refractivity (Wildman–Crippen MR) is 81.6 cm³/mol. The molecule has 3 rings (SSSR count). The monoisotopic (exact) mass is 288 g/mol. The molecule has 0 radical (unpaired) electrons. The topological polar surface area (TPSA) is 79.0 Å². The van der Waals surface area contributed by atoms with Crippen molar-refractivity contribution in [2.24, 2.45) is 0 Å². The van der Waals surface area contributed by atoms with Crippen molar-refractivity contribution in [1.29, 1.82) is 0 Å². The fourth-order valence-electron chi connectivity index (χ4n) is 2.71. The van der Waals surface area contributed by atoms with E-state index in [-0.39, 0.29) is 5.97 Å². The first kappa shape index (κ1) is 13.9. The van der Waals surface area contributed by atoms with E-state index in [0.29, 0.717) is 18.2 Å². The first-order valence-corrected chi connectivity index (χ1v) is 7.40. The van der Waals surface area contributed by atoms with E-state index in [2.05, 4.69) is 20.6 Å². The van der Waals surface area contributed by atoms with Crippen molar-refractivity contribution in [1.82, 2.24) is 15.3 Å². The SMILES string of the molecule is CCOC(=O)c1cnc2[nH]ccc2c1N[C@H]1CCCNC1. The van der Waals surface area contributed by atoms with Gasteiger partial charge in [0.05, 0.1) is 12.3 Å². The zero-order valence-corrected chi connectivity index (χ0v) is 12.1. The van der Waals surface area contributed by atoms with E-state index in [1.807, 2.05) is 12.3 Å². The number of aromatic nitrogens is 2.